The van der Waals surface area contributed by atoms with Gasteiger partial charge in [-0.05, 0) is 60.4 Å². The molecule has 1 heterocycles. The summed E-state index contributed by atoms with van der Waals surface area (Å²) in [6.45, 7) is 2.07. The molecule has 0 saturated heterocycles. The number of ether oxygens (including phenoxy) is 1. The number of benzene rings is 3. The monoisotopic (exact) mass is 568 g/mol. The van der Waals surface area contributed by atoms with Crippen molar-refractivity contribution in [1.29, 1.82) is 0 Å². The third-order valence-electron chi connectivity index (χ3n) is 5.83. The zero-order chi connectivity index (χ0) is 28.3. The first-order chi connectivity index (χ1) is 18.5. The number of hydrogen-bond donors (Lipinski definition) is 0. The lowest BCUT2D eigenvalue weighted by Crippen LogP contribution is -2.25. The molecule has 0 aliphatic carbocycles. The zero-order valence-electron chi connectivity index (χ0n) is 20.4. The minimum absolute atomic E-state index is 0.0263. The molecule has 0 atom stereocenters. The molecule has 204 valence electrons. The summed E-state index contributed by atoms with van der Waals surface area (Å²) < 4.78 is 107. The third kappa shape index (κ3) is 6.33. The fourth-order valence-electron chi connectivity index (χ4n) is 3.92. The van der Waals surface area contributed by atoms with E-state index >= 15 is 0 Å². The number of aryl methyl sites for hydroxylation is 1. The first-order valence-electron chi connectivity index (χ1n) is 11.8. The van der Waals surface area contributed by atoms with Crippen LogP contribution in [0.25, 0.3) is 22.5 Å². The maximum atomic E-state index is 15.0. The molecule has 3 nitrogen and oxygen atoms in total. The van der Waals surface area contributed by atoms with Crippen molar-refractivity contribution in [3.05, 3.63) is 100 Å². The standard InChI is InChI=1S/C28H20ClF7N2O/c1-2-3-4-5-15-13-37-27(38-14-15)17-10-21(31)25(22(32)11-17)16-8-23(33)26(24(34)9-16)28(35,36)39-18-6-7-19(29)20(30)12-18/h6-14H,2-5H2,1H3. The summed E-state index contributed by atoms with van der Waals surface area (Å²) >= 11 is 5.49. The van der Waals surface area contributed by atoms with Crippen molar-refractivity contribution in [2.24, 2.45) is 0 Å². The Balaban J connectivity index is 1.62. The van der Waals surface area contributed by atoms with E-state index in [4.69, 9.17) is 11.6 Å². The predicted octanol–water partition coefficient (Wildman–Crippen LogP) is 9.02. The van der Waals surface area contributed by atoms with Crippen molar-refractivity contribution in [3.8, 4) is 28.3 Å². The Labute approximate surface area is 224 Å². The number of unbranched alkanes of at least 4 members (excludes halogenated alkanes) is 2. The summed E-state index contributed by atoms with van der Waals surface area (Å²) in [4.78, 5) is 8.26. The van der Waals surface area contributed by atoms with Gasteiger partial charge in [0.1, 0.15) is 40.4 Å². The van der Waals surface area contributed by atoms with Crippen LogP contribution in [0.2, 0.25) is 5.02 Å². The summed E-state index contributed by atoms with van der Waals surface area (Å²) in [6, 6.07) is 4.75. The highest BCUT2D eigenvalue weighted by Crippen LogP contribution is 2.39. The van der Waals surface area contributed by atoms with Crippen LogP contribution in [0.15, 0.2) is 54.9 Å². The van der Waals surface area contributed by atoms with Crippen molar-refractivity contribution in [2.45, 2.75) is 38.7 Å². The second kappa shape index (κ2) is 11.6. The molecule has 0 bridgehead atoms. The van der Waals surface area contributed by atoms with Crippen LogP contribution in [-0.4, -0.2) is 9.97 Å². The van der Waals surface area contributed by atoms with Gasteiger partial charge in [-0.1, -0.05) is 31.4 Å². The van der Waals surface area contributed by atoms with Gasteiger partial charge in [-0.15, -0.1) is 0 Å². The van der Waals surface area contributed by atoms with Gasteiger partial charge in [-0.3, -0.25) is 0 Å². The first kappa shape index (κ1) is 28.4. The van der Waals surface area contributed by atoms with E-state index < -0.39 is 57.6 Å². The Morgan fingerprint density at radius 3 is 1.92 bits per heavy atom. The van der Waals surface area contributed by atoms with Gasteiger partial charge in [0.2, 0.25) is 0 Å². The van der Waals surface area contributed by atoms with Crippen molar-refractivity contribution >= 4 is 11.6 Å². The molecule has 0 radical (unpaired) electrons. The molecule has 0 amide bonds. The van der Waals surface area contributed by atoms with Gasteiger partial charge in [0.15, 0.2) is 5.82 Å². The molecule has 1 aromatic heterocycles. The van der Waals surface area contributed by atoms with Crippen LogP contribution in [0.5, 0.6) is 5.75 Å². The molecule has 0 N–H and O–H groups in total. The van der Waals surface area contributed by atoms with Crippen LogP contribution in [0.1, 0.15) is 37.3 Å². The SMILES string of the molecule is CCCCCc1cnc(-c2cc(F)c(-c3cc(F)c(C(F)(F)Oc4ccc(Cl)c(F)c4)c(F)c3)c(F)c2)nc1. The fraction of sp³-hybridized carbons (Fsp3) is 0.214. The number of nitrogens with zero attached hydrogens (tertiary/aromatic N) is 2. The highest BCUT2D eigenvalue weighted by atomic mass is 35.5. The molecule has 4 aromatic rings. The van der Waals surface area contributed by atoms with Gasteiger partial charge in [-0.2, -0.15) is 8.78 Å². The number of hydrogen-bond acceptors (Lipinski definition) is 3. The van der Waals surface area contributed by atoms with E-state index in [9.17, 15) is 30.7 Å². The van der Waals surface area contributed by atoms with Crippen molar-refractivity contribution in [1.82, 2.24) is 9.97 Å². The molecule has 0 unspecified atom stereocenters. The zero-order valence-corrected chi connectivity index (χ0v) is 21.1. The largest absolute Gasteiger partial charge is 0.432 e. The number of alkyl halides is 2. The molecule has 3 aromatic carbocycles. The quantitative estimate of drug-likeness (QED) is 0.149. The number of rotatable bonds is 9. The highest BCUT2D eigenvalue weighted by molar-refractivity contribution is 6.30. The van der Waals surface area contributed by atoms with Crippen molar-refractivity contribution in [3.63, 3.8) is 0 Å². The van der Waals surface area contributed by atoms with Gasteiger partial charge >= 0.3 is 6.11 Å². The van der Waals surface area contributed by atoms with E-state index in [-0.39, 0.29) is 16.4 Å². The molecule has 4 rings (SSSR count). The Morgan fingerprint density at radius 2 is 1.36 bits per heavy atom. The van der Waals surface area contributed by atoms with E-state index in [1.165, 1.54) is 0 Å². The van der Waals surface area contributed by atoms with Gasteiger partial charge in [0, 0.05) is 24.0 Å². The molecular weight excluding hydrogens is 549 g/mol. The molecule has 11 heteroatoms. The highest BCUT2D eigenvalue weighted by Gasteiger charge is 2.41. The second-order valence-electron chi connectivity index (χ2n) is 8.70. The Hall–Kier alpha value is -3.66. The molecule has 0 aliphatic heterocycles. The summed E-state index contributed by atoms with van der Waals surface area (Å²) in [7, 11) is 0. The van der Waals surface area contributed by atoms with Gasteiger partial charge in [-0.25, -0.2) is 31.9 Å². The fourth-order valence-corrected chi connectivity index (χ4v) is 4.04. The van der Waals surface area contributed by atoms with Crippen LogP contribution in [0, 0.1) is 29.1 Å². The average Bonchev–Trinajstić information content (AvgIpc) is 2.85. The van der Waals surface area contributed by atoms with Gasteiger partial charge in [0.25, 0.3) is 0 Å². The number of halogens is 8. The third-order valence-corrected chi connectivity index (χ3v) is 6.14. The Morgan fingerprint density at radius 1 is 0.769 bits per heavy atom. The normalized spacial score (nSPS) is 11.6. The van der Waals surface area contributed by atoms with Gasteiger partial charge < -0.3 is 4.74 Å². The van der Waals surface area contributed by atoms with Gasteiger partial charge in [0.05, 0.1) is 10.6 Å². The first-order valence-corrected chi connectivity index (χ1v) is 12.2. The maximum absolute atomic E-state index is 15.0. The van der Waals surface area contributed by atoms with E-state index in [1.54, 1.807) is 12.4 Å². The summed E-state index contributed by atoms with van der Waals surface area (Å²) in [6.07, 6.45) is 2.27. The van der Waals surface area contributed by atoms with Crippen LogP contribution >= 0.6 is 11.6 Å². The molecule has 0 saturated carbocycles. The van der Waals surface area contributed by atoms with Crippen LogP contribution < -0.4 is 4.74 Å². The molecule has 0 spiro atoms. The van der Waals surface area contributed by atoms with E-state index in [0.29, 0.717) is 18.2 Å². The van der Waals surface area contributed by atoms with E-state index in [2.05, 4.69) is 21.6 Å². The Bertz CT molecular complexity index is 1450. The van der Waals surface area contributed by atoms with Crippen molar-refractivity contribution in [2.75, 3.05) is 0 Å². The van der Waals surface area contributed by atoms with Crippen LogP contribution in [-0.2, 0) is 12.5 Å². The Kier molecular flexibility index (Phi) is 8.44. The molecular formula is C28H20ClF7N2O. The van der Waals surface area contributed by atoms with E-state index in [0.717, 1.165) is 55.5 Å². The average molecular weight is 569 g/mol. The lowest BCUT2D eigenvalue weighted by atomic mass is 9.99. The minimum Gasteiger partial charge on any atom is -0.429 e. The second-order valence-corrected chi connectivity index (χ2v) is 9.10. The summed E-state index contributed by atoms with van der Waals surface area (Å²) in [5.41, 5.74) is -2.51. The molecule has 39 heavy (non-hydrogen) atoms. The van der Waals surface area contributed by atoms with Crippen LogP contribution in [0.4, 0.5) is 30.7 Å². The summed E-state index contributed by atoms with van der Waals surface area (Å²) in [5.74, 6) is -7.93. The van der Waals surface area contributed by atoms with Crippen LogP contribution in [0.3, 0.4) is 0 Å². The lowest BCUT2D eigenvalue weighted by molar-refractivity contribution is -0.189. The minimum atomic E-state index is -4.60. The lowest BCUT2D eigenvalue weighted by Gasteiger charge is -2.20. The molecule has 0 aliphatic rings. The topological polar surface area (TPSA) is 35.0 Å². The number of aromatic nitrogens is 2. The predicted molar refractivity (Wildman–Crippen MR) is 132 cm³/mol. The van der Waals surface area contributed by atoms with Crippen molar-refractivity contribution < 1.29 is 35.5 Å². The summed E-state index contributed by atoms with van der Waals surface area (Å²) in [5, 5.41) is -0.381. The van der Waals surface area contributed by atoms with E-state index in [1.807, 2.05) is 0 Å². The molecule has 0 fully saturated rings. The smallest absolute Gasteiger partial charge is 0.429 e. The maximum Gasteiger partial charge on any atom is 0.432 e.